The lowest BCUT2D eigenvalue weighted by atomic mass is 10.1. The Hall–Kier alpha value is -1.77. The van der Waals surface area contributed by atoms with E-state index in [1.165, 1.54) is 70.6 Å². The third kappa shape index (κ3) is 14.0. The molecule has 3 nitrogen and oxygen atoms in total. The summed E-state index contributed by atoms with van der Waals surface area (Å²) in [5.74, 6) is 0.201. The van der Waals surface area contributed by atoms with E-state index in [1.54, 1.807) is 24.3 Å². The minimum absolute atomic E-state index is 0.0261. The summed E-state index contributed by atoms with van der Waals surface area (Å²) in [6, 6.07) is 6.68. The van der Waals surface area contributed by atoms with Gasteiger partial charge in [0.1, 0.15) is 5.75 Å². The van der Waals surface area contributed by atoms with Gasteiger partial charge < -0.3 is 10.4 Å². The molecule has 0 radical (unpaired) electrons. The Bertz CT molecular complexity index is 525. The minimum atomic E-state index is 0.0261. The summed E-state index contributed by atoms with van der Waals surface area (Å²) in [5, 5.41) is 12.2. The molecule has 0 aliphatic rings. The number of anilines is 1. The van der Waals surface area contributed by atoms with Crippen LogP contribution in [0, 0.1) is 0 Å². The molecule has 0 heterocycles. The molecule has 1 aromatic carbocycles. The number of nitrogens with one attached hydrogen (secondary N) is 1. The van der Waals surface area contributed by atoms with Crippen molar-refractivity contribution < 1.29 is 9.90 Å². The Morgan fingerprint density at radius 3 is 2.11 bits per heavy atom. The molecule has 0 fully saturated rings. The minimum Gasteiger partial charge on any atom is -0.508 e. The Labute approximate surface area is 166 Å². The van der Waals surface area contributed by atoms with Crippen molar-refractivity contribution in [1.82, 2.24) is 0 Å². The number of allylic oxidation sites excluding steroid dienone is 2. The number of carbonyl (C=O) groups excluding carboxylic acids is 1. The highest BCUT2D eigenvalue weighted by Gasteiger charge is 2.02. The van der Waals surface area contributed by atoms with E-state index in [-0.39, 0.29) is 11.7 Å². The number of phenols is 1. The third-order valence-electron chi connectivity index (χ3n) is 4.80. The second-order valence-corrected chi connectivity index (χ2v) is 7.43. The highest BCUT2D eigenvalue weighted by molar-refractivity contribution is 5.90. The SMILES string of the molecule is CCCCCCCC/C=C\CCCCCCCC(=O)Nc1cccc(O)c1. The van der Waals surface area contributed by atoms with Crippen molar-refractivity contribution in [2.45, 2.75) is 96.8 Å². The molecule has 0 atom stereocenters. The maximum atomic E-state index is 11.9. The average Bonchev–Trinajstić information content (AvgIpc) is 2.65. The second-order valence-electron chi connectivity index (χ2n) is 7.43. The zero-order chi connectivity index (χ0) is 19.6. The van der Waals surface area contributed by atoms with Gasteiger partial charge in [-0.25, -0.2) is 0 Å². The number of hydrogen-bond donors (Lipinski definition) is 2. The molecule has 0 spiro atoms. The van der Waals surface area contributed by atoms with Gasteiger partial charge in [0, 0.05) is 18.2 Å². The number of unbranched alkanes of at least 4 members (excludes halogenated alkanes) is 11. The quantitative estimate of drug-likeness (QED) is 0.235. The highest BCUT2D eigenvalue weighted by Crippen LogP contribution is 2.16. The number of carbonyl (C=O) groups is 1. The summed E-state index contributed by atoms with van der Waals surface area (Å²) in [6.45, 7) is 2.26. The summed E-state index contributed by atoms with van der Waals surface area (Å²) in [4.78, 5) is 11.9. The molecule has 0 aliphatic heterocycles. The van der Waals surface area contributed by atoms with E-state index in [0.717, 1.165) is 12.8 Å². The van der Waals surface area contributed by atoms with Crippen molar-refractivity contribution in [2.75, 3.05) is 5.32 Å². The van der Waals surface area contributed by atoms with E-state index in [1.807, 2.05) is 0 Å². The standard InChI is InChI=1S/C24H39NO2/c1-2-3-4-5-6-7-8-9-10-11-12-13-14-15-16-20-24(27)25-22-18-17-19-23(26)21-22/h9-10,17-19,21,26H,2-8,11-16,20H2,1H3,(H,25,27)/b10-9-. The molecule has 1 aromatic rings. The largest absolute Gasteiger partial charge is 0.508 e. The van der Waals surface area contributed by atoms with Crippen molar-refractivity contribution in [2.24, 2.45) is 0 Å². The van der Waals surface area contributed by atoms with Gasteiger partial charge in [0.15, 0.2) is 0 Å². The van der Waals surface area contributed by atoms with Crippen molar-refractivity contribution in [3.8, 4) is 5.75 Å². The van der Waals surface area contributed by atoms with Gasteiger partial charge in [-0.1, -0.05) is 76.5 Å². The van der Waals surface area contributed by atoms with Gasteiger partial charge >= 0.3 is 0 Å². The van der Waals surface area contributed by atoms with Gasteiger partial charge in [0.2, 0.25) is 5.91 Å². The number of aromatic hydroxyl groups is 1. The maximum absolute atomic E-state index is 11.9. The molecular weight excluding hydrogens is 334 g/mol. The van der Waals surface area contributed by atoms with Crippen molar-refractivity contribution in [3.63, 3.8) is 0 Å². The molecule has 0 bridgehead atoms. The van der Waals surface area contributed by atoms with Gasteiger partial charge in [-0.3, -0.25) is 4.79 Å². The molecule has 27 heavy (non-hydrogen) atoms. The lowest BCUT2D eigenvalue weighted by Gasteiger charge is -2.05. The summed E-state index contributed by atoms with van der Waals surface area (Å²) in [5.41, 5.74) is 0.660. The number of hydrogen-bond acceptors (Lipinski definition) is 2. The van der Waals surface area contributed by atoms with Crippen LogP contribution in [0.4, 0.5) is 5.69 Å². The van der Waals surface area contributed by atoms with Crippen LogP contribution in [0.15, 0.2) is 36.4 Å². The average molecular weight is 374 g/mol. The molecule has 2 N–H and O–H groups in total. The van der Waals surface area contributed by atoms with Crippen molar-refractivity contribution >= 4 is 11.6 Å². The van der Waals surface area contributed by atoms with Crippen LogP contribution in [-0.2, 0) is 4.79 Å². The Morgan fingerprint density at radius 2 is 1.48 bits per heavy atom. The number of benzene rings is 1. The fraction of sp³-hybridized carbons (Fsp3) is 0.625. The van der Waals surface area contributed by atoms with E-state index in [9.17, 15) is 9.90 Å². The maximum Gasteiger partial charge on any atom is 0.224 e. The monoisotopic (exact) mass is 373 g/mol. The van der Waals surface area contributed by atoms with Crippen LogP contribution in [-0.4, -0.2) is 11.0 Å². The topological polar surface area (TPSA) is 49.3 Å². The molecule has 0 unspecified atom stereocenters. The van der Waals surface area contributed by atoms with Gasteiger partial charge in [-0.2, -0.15) is 0 Å². The number of amides is 1. The van der Waals surface area contributed by atoms with Crippen LogP contribution in [0.1, 0.15) is 96.8 Å². The normalized spacial score (nSPS) is 11.1. The predicted octanol–water partition coefficient (Wildman–Crippen LogP) is 7.37. The predicted molar refractivity (Wildman–Crippen MR) is 116 cm³/mol. The van der Waals surface area contributed by atoms with E-state index in [2.05, 4.69) is 24.4 Å². The molecular formula is C24H39NO2. The fourth-order valence-electron chi connectivity index (χ4n) is 3.16. The van der Waals surface area contributed by atoms with Gasteiger partial charge in [-0.15, -0.1) is 0 Å². The summed E-state index contributed by atoms with van der Waals surface area (Å²) in [7, 11) is 0. The van der Waals surface area contributed by atoms with Crippen LogP contribution >= 0.6 is 0 Å². The first kappa shape index (κ1) is 23.3. The first-order valence-electron chi connectivity index (χ1n) is 11.0. The third-order valence-corrected chi connectivity index (χ3v) is 4.80. The summed E-state index contributed by atoms with van der Waals surface area (Å²) >= 11 is 0. The first-order chi connectivity index (χ1) is 13.2. The van der Waals surface area contributed by atoms with Crippen LogP contribution < -0.4 is 5.32 Å². The molecule has 0 aliphatic carbocycles. The van der Waals surface area contributed by atoms with Gasteiger partial charge in [-0.05, 0) is 44.2 Å². The summed E-state index contributed by atoms with van der Waals surface area (Å²) < 4.78 is 0. The van der Waals surface area contributed by atoms with Crippen LogP contribution in [0.25, 0.3) is 0 Å². The van der Waals surface area contributed by atoms with Crippen LogP contribution in [0.2, 0.25) is 0 Å². The molecule has 1 rings (SSSR count). The number of rotatable bonds is 16. The van der Waals surface area contributed by atoms with Gasteiger partial charge in [0.05, 0.1) is 0 Å². The molecule has 0 saturated heterocycles. The van der Waals surface area contributed by atoms with E-state index >= 15 is 0 Å². The molecule has 1 amide bonds. The first-order valence-corrected chi connectivity index (χ1v) is 11.0. The second kappa shape index (κ2) is 16.4. The van der Waals surface area contributed by atoms with E-state index < -0.39 is 0 Å². The lowest BCUT2D eigenvalue weighted by molar-refractivity contribution is -0.116. The molecule has 152 valence electrons. The number of phenolic OH excluding ortho intramolecular Hbond substituents is 1. The molecule has 0 saturated carbocycles. The van der Waals surface area contributed by atoms with Crippen molar-refractivity contribution in [1.29, 1.82) is 0 Å². The zero-order valence-electron chi connectivity index (χ0n) is 17.2. The Morgan fingerprint density at radius 1 is 0.889 bits per heavy atom. The van der Waals surface area contributed by atoms with Crippen molar-refractivity contribution in [3.05, 3.63) is 36.4 Å². The molecule has 0 aromatic heterocycles. The van der Waals surface area contributed by atoms with Gasteiger partial charge in [0.25, 0.3) is 0 Å². The Kier molecular flexibility index (Phi) is 14.1. The fourth-order valence-corrected chi connectivity index (χ4v) is 3.16. The van der Waals surface area contributed by atoms with E-state index in [0.29, 0.717) is 12.1 Å². The highest BCUT2D eigenvalue weighted by atomic mass is 16.3. The zero-order valence-corrected chi connectivity index (χ0v) is 17.2. The van der Waals surface area contributed by atoms with Crippen LogP contribution in [0.5, 0.6) is 5.75 Å². The van der Waals surface area contributed by atoms with E-state index in [4.69, 9.17) is 0 Å². The lowest BCUT2D eigenvalue weighted by Crippen LogP contribution is -2.10. The smallest absolute Gasteiger partial charge is 0.224 e. The Balaban J connectivity index is 1.87. The molecule has 3 heteroatoms. The van der Waals surface area contributed by atoms with Crippen LogP contribution in [0.3, 0.4) is 0 Å². The summed E-state index contributed by atoms with van der Waals surface area (Å²) in [6.07, 6.45) is 21.6.